The predicted octanol–water partition coefficient (Wildman–Crippen LogP) is 2.77. The summed E-state index contributed by atoms with van der Waals surface area (Å²) in [5.74, 6) is 1.76. The van der Waals surface area contributed by atoms with Crippen LogP contribution in [-0.2, 0) is 6.54 Å². The van der Waals surface area contributed by atoms with E-state index in [1.54, 1.807) is 7.11 Å². The van der Waals surface area contributed by atoms with Gasteiger partial charge in [0.15, 0.2) is 0 Å². The highest BCUT2D eigenvalue weighted by Gasteiger charge is 2.04. The molecule has 4 nitrogen and oxygen atoms in total. The van der Waals surface area contributed by atoms with Gasteiger partial charge in [0.05, 0.1) is 7.11 Å². The maximum absolute atomic E-state index is 5.24. The van der Waals surface area contributed by atoms with Crippen molar-refractivity contribution in [2.45, 2.75) is 6.54 Å². The van der Waals surface area contributed by atoms with Crippen LogP contribution in [0.15, 0.2) is 42.6 Å². The second-order valence-corrected chi connectivity index (χ2v) is 4.36. The first-order valence-electron chi connectivity index (χ1n) is 6.21. The normalized spacial score (nSPS) is 10.1. The molecule has 2 aromatic rings. The highest BCUT2D eigenvalue weighted by molar-refractivity contribution is 5.53. The number of anilines is 2. The molecule has 0 radical (unpaired) electrons. The van der Waals surface area contributed by atoms with Gasteiger partial charge in [0.25, 0.3) is 0 Å². The van der Waals surface area contributed by atoms with Crippen LogP contribution in [0.25, 0.3) is 0 Å². The first-order valence-corrected chi connectivity index (χ1v) is 6.21. The predicted molar refractivity (Wildman–Crippen MR) is 78.9 cm³/mol. The van der Waals surface area contributed by atoms with Gasteiger partial charge in [-0.3, -0.25) is 0 Å². The van der Waals surface area contributed by atoms with E-state index in [1.807, 2.05) is 37.5 Å². The molecule has 0 aliphatic carbocycles. The molecule has 0 fully saturated rings. The van der Waals surface area contributed by atoms with Crippen LogP contribution < -0.4 is 15.0 Å². The number of nitrogens with zero attached hydrogens (tertiary/aromatic N) is 2. The van der Waals surface area contributed by atoms with Crippen molar-refractivity contribution in [3.63, 3.8) is 0 Å². The Kier molecular flexibility index (Phi) is 4.23. The molecule has 1 aromatic carbocycles. The number of pyridine rings is 1. The molecular weight excluding hydrogens is 238 g/mol. The maximum atomic E-state index is 5.24. The number of benzene rings is 1. The lowest BCUT2D eigenvalue weighted by molar-refractivity contribution is 0.414. The molecule has 1 aromatic heterocycles. The lowest BCUT2D eigenvalue weighted by atomic mass is 10.2. The highest BCUT2D eigenvalue weighted by Crippen LogP contribution is 2.19. The number of rotatable bonds is 5. The Hall–Kier alpha value is -2.23. The third-order valence-electron chi connectivity index (χ3n) is 2.99. The second-order valence-electron chi connectivity index (χ2n) is 4.36. The van der Waals surface area contributed by atoms with Crippen molar-refractivity contribution in [3.05, 3.63) is 48.2 Å². The smallest absolute Gasteiger partial charge is 0.127 e. The maximum Gasteiger partial charge on any atom is 0.127 e. The standard InChI is InChI=1S/C15H19N3O/c1-16-15-10-13(7-8-17-15)18(2)11-12-5-4-6-14(9-12)19-3/h4-10H,11H2,1-3H3,(H,16,17). The van der Waals surface area contributed by atoms with Gasteiger partial charge in [0.2, 0.25) is 0 Å². The number of hydrogen-bond acceptors (Lipinski definition) is 4. The van der Waals surface area contributed by atoms with Crippen molar-refractivity contribution in [2.24, 2.45) is 0 Å². The van der Waals surface area contributed by atoms with E-state index in [2.05, 4.69) is 34.4 Å². The minimum Gasteiger partial charge on any atom is -0.497 e. The van der Waals surface area contributed by atoms with Crippen molar-refractivity contribution in [3.8, 4) is 5.75 Å². The number of ether oxygens (including phenoxy) is 1. The molecule has 0 saturated heterocycles. The average Bonchev–Trinajstić information content (AvgIpc) is 2.47. The van der Waals surface area contributed by atoms with Crippen molar-refractivity contribution in [2.75, 3.05) is 31.4 Å². The summed E-state index contributed by atoms with van der Waals surface area (Å²) in [7, 11) is 5.62. The van der Waals surface area contributed by atoms with E-state index >= 15 is 0 Å². The first-order chi connectivity index (χ1) is 9.22. The van der Waals surface area contributed by atoms with Crippen LogP contribution in [0.1, 0.15) is 5.56 Å². The molecule has 0 bridgehead atoms. The summed E-state index contributed by atoms with van der Waals surface area (Å²) in [6.45, 7) is 0.824. The van der Waals surface area contributed by atoms with Gasteiger partial charge in [-0.2, -0.15) is 0 Å². The molecule has 0 unspecified atom stereocenters. The SMILES string of the molecule is CNc1cc(N(C)Cc2cccc(OC)c2)ccn1. The average molecular weight is 257 g/mol. The van der Waals surface area contributed by atoms with Gasteiger partial charge in [-0.15, -0.1) is 0 Å². The highest BCUT2D eigenvalue weighted by atomic mass is 16.5. The lowest BCUT2D eigenvalue weighted by Gasteiger charge is -2.20. The van der Waals surface area contributed by atoms with Crippen molar-refractivity contribution in [1.82, 2.24) is 4.98 Å². The molecule has 0 spiro atoms. The summed E-state index contributed by atoms with van der Waals surface area (Å²) in [6, 6.07) is 12.1. The summed E-state index contributed by atoms with van der Waals surface area (Å²) >= 11 is 0. The zero-order valence-corrected chi connectivity index (χ0v) is 11.6. The Morgan fingerprint density at radius 1 is 1.26 bits per heavy atom. The van der Waals surface area contributed by atoms with E-state index in [0.717, 1.165) is 23.8 Å². The summed E-state index contributed by atoms with van der Waals surface area (Å²) in [5.41, 5.74) is 2.34. The van der Waals surface area contributed by atoms with Crippen molar-refractivity contribution < 1.29 is 4.74 Å². The van der Waals surface area contributed by atoms with Gasteiger partial charge in [-0.1, -0.05) is 12.1 Å². The number of methoxy groups -OCH3 is 1. The Balaban J connectivity index is 2.13. The van der Waals surface area contributed by atoms with Gasteiger partial charge in [0, 0.05) is 38.6 Å². The fourth-order valence-corrected chi connectivity index (χ4v) is 1.93. The van der Waals surface area contributed by atoms with E-state index in [1.165, 1.54) is 5.56 Å². The summed E-state index contributed by atoms with van der Waals surface area (Å²) in [5, 5.41) is 3.05. The quantitative estimate of drug-likeness (QED) is 0.893. The molecular formula is C15H19N3O. The van der Waals surface area contributed by atoms with Gasteiger partial charge >= 0.3 is 0 Å². The minimum atomic E-state index is 0.824. The largest absolute Gasteiger partial charge is 0.497 e. The molecule has 19 heavy (non-hydrogen) atoms. The van der Waals surface area contributed by atoms with E-state index in [-0.39, 0.29) is 0 Å². The Morgan fingerprint density at radius 2 is 2.11 bits per heavy atom. The lowest BCUT2D eigenvalue weighted by Crippen LogP contribution is -2.16. The fraction of sp³-hybridized carbons (Fsp3) is 0.267. The second kappa shape index (κ2) is 6.09. The van der Waals surface area contributed by atoms with Crippen LogP contribution in [0.3, 0.4) is 0 Å². The minimum absolute atomic E-state index is 0.824. The molecule has 0 aliphatic rings. The van der Waals surface area contributed by atoms with Gasteiger partial charge in [-0.25, -0.2) is 4.98 Å². The molecule has 1 N–H and O–H groups in total. The molecule has 1 heterocycles. The van der Waals surface area contributed by atoms with Gasteiger partial charge in [-0.05, 0) is 23.8 Å². The third kappa shape index (κ3) is 3.37. The number of nitrogens with one attached hydrogen (secondary N) is 1. The first kappa shape index (κ1) is 13.2. The zero-order chi connectivity index (χ0) is 13.7. The molecule has 0 saturated carbocycles. The third-order valence-corrected chi connectivity index (χ3v) is 2.99. The van der Waals surface area contributed by atoms with Crippen LogP contribution in [-0.4, -0.2) is 26.2 Å². The monoisotopic (exact) mass is 257 g/mol. The zero-order valence-electron chi connectivity index (χ0n) is 11.6. The molecule has 0 aliphatic heterocycles. The molecule has 0 atom stereocenters. The molecule has 4 heteroatoms. The number of aromatic nitrogens is 1. The van der Waals surface area contributed by atoms with E-state index in [9.17, 15) is 0 Å². The fourth-order valence-electron chi connectivity index (χ4n) is 1.93. The van der Waals surface area contributed by atoms with E-state index in [0.29, 0.717) is 0 Å². The summed E-state index contributed by atoms with van der Waals surface area (Å²) in [4.78, 5) is 6.39. The van der Waals surface area contributed by atoms with Crippen LogP contribution in [0.5, 0.6) is 5.75 Å². The Morgan fingerprint density at radius 3 is 2.84 bits per heavy atom. The van der Waals surface area contributed by atoms with Crippen LogP contribution in [0, 0.1) is 0 Å². The van der Waals surface area contributed by atoms with Crippen molar-refractivity contribution >= 4 is 11.5 Å². The van der Waals surface area contributed by atoms with Crippen LogP contribution >= 0.6 is 0 Å². The summed E-state index contributed by atoms with van der Waals surface area (Å²) < 4.78 is 5.24. The van der Waals surface area contributed by atoms with Crippen LogP contribution in [0.4, 0.5) is 11.5 Å². The topological polar surface area (TPSA) is 37.4 Å². The molecule has 0 amide bonds. The van der Waals surface area contributed by atoms with E-state index in [4.69, 9.17) is 4.74 Å². The molecule has 100 valence electrons. The van der Waals surface area contributed by atoms with Gasteiger partial charge in [0.1, 0.15) is 11.6 Å². The van der Waals surface area contributed by atoms with E-state index < -0.39 is 0 Å². The summed E-state index contributed by atoms with van der Waals surface area (Å²) in [6.07, 6.45) is 1.81. The van der Waals surface area contributed by atoms with Crippen LogP contribution in [0.2, 0.25) is 0 Å². The Labute approximate surface area is 114 Å². The number of hydrogen-bond donors (Lipinski definition) is 1. The van der Waals surface area contributed by atoms with Crippen molar-refractivity contribution in [1.29, 1.82) is 0 Å². The van der Waals surface area contributed by atoms with Gasteiger partial charge < -0.3 is 15.0 Å². The molecule has 2 rings (SSSR count). The Bertz CT molecular complexity index is 542.